The molecule has 1 aromatic heterocycles. The van der Waals surface area contributed by atoms with Gasteiger partial charge in [-0.3, -0.25) is 4.57 Å². The van der Waals surface area contributed by atoms with Crippen LogP contribution in [0.4, 0.5) is 4.39 Å². The van der Waals surface area contributed by atoms with Crippen LogP contribution >= 0.6 is 47.0 Å². The maximum Gasteiger partial charge on any atom is 0.182 e. The highest BCUT2D eigenvalue weighted by molar-refractivity contribution is 7.71. The van der Waals surface area contributed by atoms with Crippen molar-refractivity contribution in [3.05, 3.63) is 56.0 Å². The molecule has 2 nitrogen and oxygen atoms in total. The minimum Gasteiger partial charge on any atom is -0.330 e. The number of aromatic nitrogens is 2. The summed E-state index contributed by atoms with van der Waals surface area (Å²) in [4.78, 5) is 3.05. The topological polar surface area (TPSA) is 20.7 Å². The Morgan fingerprint density at radius 2 is 1.70 bits per heavy atom. The molecule has 0 aliphatic carbocycles. The van der Waals surface area contributed by atoms with Crippen LogP contribution in [0.25, 0.3) is 16.7 Å². The highest BCUT2D eigenvalue weighted by atomic mass is 35.5. The second-order valence-electron chi connectivity index (χ2n) is 4.15. The molecule has 20 heavy (non-hydrogen) atoms. The van der Waals surface area contributed by atoms with E-state index in [-0.39, 0.29) is 10.0 Å². The zero-order valence-electron chi connectivity index (χ0n) is 9.75. The van der Waals surface area contributed by atoms with E-state index in [1.807, 2.05) is 6.07 Å². The Morgan fingerprint density at radius 1 is 1.05 bits per heavy atom. The van der Waals surface area contributed by atoms with Crippen LogP contribution in [0.3, 0.4) is 0 Å². The van der Waals surface area contributed by atoms with Gasteiger partial charge >= 0.3 is 0 Å². The molecule has 3 aromatic rings. The quantitative estimate of drug-likeness (QED) is 0.436. The first kappa shape index (κ1) is 13.9. The van der Waals surface area contributed by atoms with Crippen LogP contribution in [0.2, 0.25) is 15.1 Å². The van der Waals surface area contributed by atoms with Crippen molar-refractivity contribution >= 4 is 58.1 Å². The minimum atomic E-state index is -0.651. The van der Waals surface area contributed by atoms with Gasteiger partial charge in [0.2, 0.25) is 0 Å². The summed E-state index contributed by atoms with van der Waals surface area (Å²) >= 11 is 22.9. The summed E-state index contributed by atoms with van der Waals surface area (Å²) in [7, 11) is 0. The van der Waals surface area contributed by atoms with Crippen molar-refractivity contribution in [1.29, 1.82) is 0 Å². The summed E-state index contributed by atoms with van der Waals surface area (Å²) < 4.78 is 15.7. The van der Waals surface area contributed by atoms with E-state index in [4.69, 9.17) is 47.0 Å². The third kappa shape index (κ3) is 2.23. The van der Waals surface area contributed by atoms with Crippen LogP contribution in [0.5, 0.6) is 0 Å². The van der Waals surface area contributed by atoms with Crippen molar-refractivity contribution in [2.24, 2.45) is 0 Å². The van der Waals surface area contributed by atoms with Crippen molar-refractivity contribution in [2.75, 3.05) is 0 Å². The van der Waals surface area contributed by atoms with Gasteiger partial charge in [0.15, 0.2) is 10.6 Å². The lowest BCUT2D eigenvalue weighted by molar-refractivity contribution is 0.628. The highest BCUT2D eigenvalue weighted by Crippen LogP contribution is 2.29. The Labute approximate surface area is 133 Å². The van der Waals surface area contributed by atoms with Crippen molar-refractivity contribution in [3.8, 4) is 5.69 Å². The van der Waals surface area contributed by atoms with Gasteiger partial charge in [0.1, 0.15) is 0 Å². The van der Waals surface area contributed by atoms with Gasteiger partial charge in [0.05, 0.1) is 26.8 Å². The molecule has 0 unspecified atom stereocenters. The fourth-order valence-corrected chi connectivity index (χ4v) is 2.96. The number of benzene rings is 2. The van der Waals surface area contributed by atoms with Crippen molar-refractivity contribution in [1.82, 2.24) is 9.55 Å². The number of imidazole rings is 1. The smallest absolute Gasteiger partial charge is 0.182 e. The Kier molecular flexibility index (Phi) is 3.50. The van der Waals surface area contributed by atoms with E-state index in [0.717, 1.165) is 11.0 Å². The maximum atomic E-state index is 13.5. The molecular formula is C13H6Cl3FN2S. The maximum absolute atomic E-state index is 13.5. The van der Waals surface area contributed by atoms with Gasteiger partial charge in [-0.15, -0.1) is 0 Å². The number of H-pyrrole nitrogens is 1. The fourth-order valence-electron chi connectivity index (χ4n) is 2.00. The minimum absolute atomic E-state index is 0.0641. The third-order valence-corrected chi connectivity index (χ3v) is 3.94. The molecule has 7 heteroatoms. The normalized spacial score (nSPS) is 11.2. The van der Waals surface area contributed by atoms with E-state index >= 15 is 0 Å². The van der Waals surface area contributed by atoms with Gasteiger partial charge in [0, 0.05) is 5.02 Å². The van der Waals surface area contributed by atoms with Crippen molar-refractivity contribution in [2.45, 2.75) is 0 Å². The van der Waals surface area contributed by atoms with Crippen molar-refractivity contribution < 1.29 is 4.39 Å². The third-order valence-electron chi connectivity index (χ3n) is 2.87. The number of hydrogen-bond acceptors (Lipinski definition) is 1. The van der Waals surface area contributed by atoms with E-state index < -0.39 is 5.82 Å². The first-order valence-corrected chi connectivity index (χ1v) is 7.07. The molecule has 0 radical (unpaired) electrons. The first-order chi connectivity index (χ1) is 9.47. The summed E-state index contributed by atoms with van der Waals surface area (Å²) in [6.45, 7) is 0. The zero-order valence-corrected chi connectivity index (χ0v) is 12.8. The molecule has 0 saturated heterocycles. The Balaban J connectivity index is 2.37. The molecule has 1 N–H and O–H groups in total. The Morgan fingerprint density at radius 3 is 2.35 bits per heavy atom. The lowest BCUT2D eigenvalue weighted by Crippen LogP contribution is -1.95. The summed E-state index contributed by atoms with van der Waals surface area (Å²) in [5.41, 5.74) is 2.15. The lowest BCUT2D eigenvalue weighted by atomic mass is 10.2. The summed E-state index contributed by atoms with van der Waals surface area (Å²) in [5.74, 6) is -0.651. The summed E-state index contributed by atoms with van der Waals surface area (Å²) in [6, 6.07) is 8.26. The molecule has 0 aliphatic rings. The number of nitrogens with one attached hydrogen (secondary N) is 1. The number of aromatic amines is 1. The molecule has 0 saturated carbocycles. The number of nitrogens with zero attached hydrogens (tertiary/aromatic N) is 1. The first-order valence-electron chi connectivity index (χ1n) is 5.52. The van der Waals surface area contributed by atoms with Crippen LogP contribution in [0, 0.1) is 10.6 Å². The molecule has 0 bridgehead atoms. The van der Waals surface area contributed by atoms with E-state index in [0.29, 0.717) is 15.5 Å². The van der Waals surface area contributed by atoms with E-state index in [1.165, 1.54) is 12.1 Å². The van der Waals surface area contributed by atoms with Gasteiger partial charge in [-0.1, -0.05) is 34.8 Å². The second-order valence-corrected chi connectivity index (χ2v) is 5.79. The molecule has 1 heterocycles. The predicted molar refractivity (Wildman–Crippen MR) is 83.4 cm³/mol. The van der Waals surface area contributed by atoms with Crippen LogP contribution in [0.15, 0.2) is 30.3 Å². The number of fused-ring (bicyclic) bond motifs is 1. The number of hydrogen-bond donors (Lipinski definition) is 1. The highest BCUT2D eigenvalue weighted by Gasteiger charge is 2.12. The van der Waals surface area contributed by atoms with Crippen LogP contribution in [-0.2, 0) is 0 Å². The molecule has 102 valence electrons. The number of rotatable bonds is 1. The molecule has 0 amide bonds. The molecule has 2 aromatic carbocycles. The molecule has 0 fully saturated rings. The standard InChI is InChI=1S/C13H6Cl3FN2S/c14-6-1-2-10-11(3-6)19(13(20)18-10)7-4-8(15)12(17)9(16)5-7/h1-5H,(H,18,20). The van der Waals surface area contributed by atoms with Gasteiger partial charge in [-0.2, -0.15) is 0 Å². The number of halogens is 4. The molecule has 3 rings (SSSR count). The average molecular weight is 348 g/mol. The summed E-state index contributed by atoms with van der Waals surface area (Å²) in [6.07, 6.45) is 0. The van der Waals surface area contributed by atoms with Crippen LogP contribution < -0.4 is 0 Å². The zero-order chi connectivity index (χ0) is 14.4. The molecule has 0 atom stereocenters. The lowest BCUT2D eigenvalue weighted by Gasteiger charge is -2.07. The Hall–Kier alpha value is -1.07. The van der Waals surface area contributed by atoms with Gasteiger partial charge in [-0.05, 0) is 42.5 Å². The van der Waals surface area contributed by atoms with Gasteiger partial charge in [0.25, 0.3) is 0 Å². The second kappa shape index (κ2) is 5.04. The van der Waals surface area contributed by atoms with Crippen molar-refractivity contribution in [3.63, 3.8) is 0 Å². The van der Waals surface area contributed by atoms with E-state index in [2.05, 4.69) is 4.98 Å². The van der Waals surface area contributed by atoms with Gasteiger partial charge in [-0.25, -0.2) is 4.39 Å². The summed E-state index contributed by atoms with van der Waals surface area (Å²) in [5, 5.41) is 0.441. The monoisotopic (exact) mass is 346 g/mol. The van der Waals surface area contributed by atoms with Crippen LogP contribution in [0.1, 0.15) is 0 Å². The van der Waals surface area contributed by atoms with E-state index in [1.54, 1.807) is 16.7 Å². The van der Waals surface area contributed by atoms with Crippen LogP contribution in [-0.4, -0.2) is 9.55 Å². The van der Waals surface area contributed by atoms with E-state index in [9.17, 15) is 4.39 Å². The largest absolute Gasteiger partial charge is 0.330 e. The molecule has 0 spiro atoms. The fraction of sp³-hybridized carbons (Fsp3) is 0. The molecular weight excluding hydrogens is 342 g/mol. The predicted octanol–water partition coefficient (Wildman–Crippen LogP) is 5.79. The SMILES string of the molecule is Fc1c(Cl)cc(-n2c(=S)[nH]c3ccc(Cl)cc32)cc1Cl. The molecule has 0 aliphatic heterocycles. The average Bonchev–Trinajstić information content (AvgIpc) is 2.70. The Bertz CT molecular complexity index is 862. The van der Waals surface area contributed by atoms with Gasteiger partial charge < -0.3 is 4.98 Å².